The van der Waals surface area contributed by atoms with E-state index in [-0.39, 0.29) is 11.8 Å². The summed E-state index contributed by atoms with van der Waals surface area (Å²) in [5.74, 6) is 0.295. The molecule has 6 nitrogen and oxygen atoms in total. The third-order valence-corrected chi connectivity index (χ3v) is 6.68. The number of aryl methyl sites for hydroxylation is 1. The largest absolute Gasteiger partial charge is 0.497 e. The van der Waals surface area contributed by atoms with Gasteiger partial charge in [-0.3, -0.25) is 9.59 Å². The Kier molecular flexibility index (Phi) is 8.94. The van der Waals surface area contributed by atoms with Gasteiger partial charge >= 0.3 is 0 Å². The number of thiophene rings is 1. The van der Waals surface area contributed by atoms with E-state index in [9.17, 15) is 9.59 Å². The molecule has 190 valence electrons. The topological polar surface area (TPSA) is 79.5 Å². The summed E-state index contributed by atoms with van der Waals surface area (Å²) in [5.41, 5.74) is 5.72. The summed E-state index contributed by atoms with van der Waals surface area (Å²) in [5, 5.41) is 13.3. The lowest BCUT2D eigenvalue weighted by Gasteiger charge is -2.19. The number of amides is 2. The van der Waals surface area contributed by atoms with Crippen molar-refractivity contribution >= 4 is 28.8 Å². The summed E-state index contributed by atoms with van der Waals surface area (Å²) in [6, 6.07) is 24.4. The molecule has 1 heterocycles. The van der Waals surface area contributed by atoms with Crippen LogP contribution >= 0.6 is 11.3 Å². The molecule has 0 saturated heterocycles. The van der Waals surface area contributed by atoms with E-state index >= 15 is 0 Å². The second kappa shape index (κ2) is 12.7. The number of rotatable bonds is 11. The first kappa shape index (κ1) is 26.0. The van der Waals surface area contributed by atoms with Crippen molar-refractivity contribution in [1.82, 2.24) is 10.6 Å². The smallest absolute Gasteiger partial charge is 0.251 e. The number of anilines is 1. The molecule has 4 aromatic rings. The third kappa shape index (κ3) is 7.44. The van der Waals surface area contributed by atoms with Gasteiger partial charge in [0, 0.05) is 30.8 Å². The Balaban J connectivity index is 1.39. The van der Waals surface area contributed by atoms with Crippen LogP contribution in [0.25, 0.3) is 11.1 Å². The van der Waals surface area contributed by atoms with Crippen molar-refractivity contribution in [2.45, 2.75) is 19.4 Å². The molecule has 37 heavy (non-hydrogen) atoms. The number of carbonyl (C=O) groups excluding carboxylic acids is 2. The van der Waals surface area contributed by atoms with Gasteiger partial charge in [-0.2, -0.15) is 11.3 Å². The summed E-state index contributed by atoms with van der Waals surface area (Å²) in [7, 11) is 1.63. The standard InChI is InChI=1S/C30H31N3O3S/c1-21-4-3-5-24(18-21)29(34)33-28(19-22-6-8-23(9-7-22)25-14-17-37-20-25)30(35)32-16-15-31-26-10-12-27(36-2)13-11-26/h3-14,17-18,20,28,31H,15-16,19H2,1-2H3,(H,32,35)(H,33,34). The second-order valence-corrected chi connectivity index (χ2v) is 9.53. The Hall–Kier alpha value is -4.10. The quantitative estimate of drug-likeness (QED) is 0.238. The highest BCUT2D eigenvalue weighted by molar-refractivity contribution is 7.08. The molecule has 0 aliphatic rings. The molecule has 0 bridgehead atoms. The molecule has 0 radical (unpaired) electrons. The number of nitrogens with one attached hydrogen (secondary N) is 3. The minimum absolute atomic E-state index is 0.223. The number of carbonyl (C=O) groups is 2. The second-order valence-electron chi connectivity index (χ2n) is 8.75. The first-order valence-corrected chi connectivity index (χ1v) is 13.1. The van der Waals surface area contributed by atoms with E-state index in [1.54, 1.807) is 24.5 Å². The SMILES string of the molecule is COc1ccc(NCCNC(=O)C(Cc2ccc(-c3ccsc3)cc2)NC(=O)c2cccc(C)c2)cc1. The molecule has 1 aromatic heterocycles. The van der Waals surface area contributed by atoms with Gasteiger partial charge in [0.15, 0.2) is 0 Å². The van der Waals surface area contributed by atoms with Gasteiger partial charge in [-0.25, -0.2) is 0 Å². The van der Waals surface area contributed by atoms with E-state index in [4.69, 9.17) is 4.74 Å². The maximum absolute atomic E-state index is 13.2. The Morgan fingerprint density at radius 3 is 2.38 bits per heavy atom. The zero-order chi connectivity index (χ0) is 26.0. The van der Waals surface area contributed by atoms with Gasteiger partial charge in [-0.1, -0.05) is 42.0 Å². The first-order valence-electron chi connectivity index (χ1n) is 12.2. The molecular formula is C30H31N3O3S. The molecule has 0 saturated carbocycles. The van der Waals surface area contributed by atoms with Crippen LogP contribution in [0.3, 0.4) is 0 Å². The average molecular weight is 514 g/mol. The lowest BCUT2D eigenvalue weighted by Crippen LogP contribution is -2.48. The van der Waals surface area contributed by atoms with Crippen LogP contribution < -0.4 is 20.7 Å². The fraction of sp³-hybridized carbons (Fsp3) is 0.200. The van der Waals surface area contributed by atoms with E-state index in [0.29, 0.717) is 25.1 Å². The molecule has 0 spiro atoms. The van der Waals surface area contributed by atoms with Gasteiger partial charge in [0.25, 0.3) is 5.91 Å². The van der Waals surface area contributed by atoms with Crippen LogP contribution in [-0.2, 0) is 11.2 Å². The van der Waals surface area contributed by atoms with Crippen molar-refractivity contribution in [1.29, 1.82) is 0 Å². The molecule has 3 aromatic carbocycles. The number of benzene rings is 3. The first-order chi connectivity index (χ1) is 18.0. The third-order valence-electron chi connectivity index (χ3n) is 5.99. The summed E-state index contributed by atoms with van der Waals surface area (Å²) in [6.45, 7) is 2.90. The predicted molar refractivity (Wildman–Crippen MR) is 150 cm³/mol. The van der Waals surface area contributed by atoms with Crippen molar-refractivity contribution < 1.29 is 14.3 Å². The van der Waals surface area contributed by atoms with Gasteiger partial charge < -0.3 is 20.7 Å². The van der Waals surface area contributed by atoms with Gasteiger partial charge in [0.1, 0.15) is 11.8 Å². The summed E-state index contributed by atoms with van der Waals surface area (Å²) >= 11 is 1.66. The molecule has 3 N–H and O–H groups in total. The van der Waals surface area contributed by atoms with Crippen LogP contribution in [0.4, 0.5) is 5.69 Å². The van der Waals surface area contributed by atoms with Crippen molar-refractivity contribution in [2.75, 3.05) is 25.5 Å². The van der Waals surface area contributed by atoms with E-state index in [2.05, 4.69) is 27.4 Å². The van der Waals surface area contributed by atoms with Crippen molar-refractivity contribution in [3.8, 4) is 16.9 Å². The Morgan fingerprint density at radius 2 is 1.70 bits per heavy atom. The molecule has 0 fully saturated rings. The number of methoxy groups -OCH3 is 1. The fourth-order valence-electron chi connectivity index (χ4n) is 3.96. The van der Waals surface area contributed by atoms with Gasteiger partial charge in [-0.15, -0.1) is 0 Å². The Morgan fingerprint density at radius 1 is 0.919 bits per heavy atom. The maximum atomic E-state index is 13.2. The lowest BCUT2D eigenvalue weighted by atomic mass is 10.0. The highest BCUT2D eigenvalue weighted by Crippen LogP contribution is 2.22. The number of hydrogen-bond acceptors (Lipinski definition) is 5. The molecular weight excluding hydrogens is 482 g/mol. The van der Waals surface area contributed by atoms with Crippen molar-refractivity contribution in [3.63, 3.8) is 0 Å². The molecule has 7 heteroatoms. The molecule has 2 amide bonds. The molecule has 1 unspecified atom stereocenters. The highest BCUT2D eigenvalue weighted by atomic mass is 32.1. The monoisotopic (exact) mass is 513 g/mol. The zero-order valence-electron chi connectivity index (χ0n) is 21.0. The number of hydrogen-bond donors (Lipinski definition) is 3. The van der Waals surface area contributed by atoms with Crippen LogP contribution in [-0.4, -0.2) is 38.1 Å². The van der Waals surface area contributed by atoms with E-state index < -0.39 is 6.04 Å². The van der Waals surface area contributed by atoms with E-state index in [0.717, 1.165) is 28.1 Å². The Labute approximate surface area is 221 Å². The van der Waals surface area contributed by atoms with Crippen LogP contribution in [0.5, 0.6) is 5.75 Å². The zero-order valence-corrected chi connectivity index (χ0v) is 21.8. The van der Waals surface area contributed by atoms with Crippen LogP contribution in [0, 0.1) is 6.92 Å². The molecule has 0 aliphatic carbocycles. The minimum atomic E-state index is -0.707. The lowest BCUT2D eigenvalue weighted by molar-refractivity contribution is -0.122. The predicted octanol–water partition coefficient (Wildman–Crippen LogP) is 5.30. The van der Waals surface area contributed by atoms with Gasteiger partial charge in [0.05, 0.1) is 7.11 Å². The molecule has 0 aliphatic heterocycles. The van der Waals surface area contributed by atoms with Crippen molar-refractivity contribution in [3.05, 3.63) is 106 Å². The fourth-order valence-corrected chi connectivity index (χ4v) is 4.62. The minimum Gasteiger partial charge on any atom is -0.497 e. The summed E-state index contributed by atoms with van der Waals surface area (Å²) in [6.07, 6.45) is 0.388. The van der Waals surface area contributed by atoms with E-state index in [1.165, 1.54) is 5.56 Å². The Bertz CT molecular complexity index is 1300. The van der Waals surface area contributed by atoms with Crippen molar-refractivity contribution in [2.24, 2.45) is 0 Å². The molecule has 4 rings (SSSR count). The van der Waals surface area contributed by atoms with E-state index in [1.807, 2.05) is 79.0 Å². The summed E-state index contributed by atoms with van der Waals surface area (Å²) in [4.78, 5) is 26.1. The normalized spacial score (nSPS) is 11.4. The van der Waals surface area contributed by atoms with Gasteiger partial charge in [0.2, 0.25) is 5.91 Å². The number of ether oxygens (including phenoxy) is 1. The summed E-state index contributed by atoms with van der Waals surface area (Å²) < 4.78 is 5.18. The average Bonchev–Trinajstić information content (AvgIpc) is 3.46. The van der Waals surface area contributed by atoms with Crippen LogP contribution in [0.2, 0.25) is 0 Å². The van der Waals surface area contributed by atoms with Gasteiger partial charge in [-0.05, 0) is 76.8 Å². The van der Waals surface area contributed by atoms with Crippen LogP contribution in [0.15, 0.2) is 89.6 Å². The highest BCUT2D eigenvalue weighted by Gasteiger charge is 2.22. The van der Waals surface area contributed by atoms with Crippen LogP contribution in [0.1, 0.15) is 21.5 Å². The maximum Gasteiger partial charge on any atom is 0.251 e. The molecule has 1 atom stereocenters.